The van der Waals surface area contributed by atoms with Crippen LogP contribution < -0.4 is 4.74 Å². The van der Waals surface area contributed by atoms with E-state index in [9.17, 15) is 0 Å². The second-order valence-corrected chi connectivity index (χ2v) is 6.66. The van der Waals surface area contributed by atoms with E-state index in [1.165, 1.54) is 5.56 Å². The summed E-state index contributed by atoms with van der Waals surface area (Å²) in [6.45, 7) is 4.02. The van der Waals surface area contributed by atoms with Gasteiger partial charge in [0.1, 0.15) is 12.1 Å². The molecule has 3 aromatic rings. The summed E-state index contributed by atoms with van der Waals surface area (Å²) in [5.74, 6) is 1.69. The highest BCUT2D eigenvalue weighted by atomic mass is 32.2. The van der Waals surface area contributed by atoms with E-state index in [1.807, 2.05) is 56.3 Å². The summed E-state index contributed by atoms with van der Waals surface area (Å²) in [7, 11) is 0. The Kier molecular flexibility index (Phi) is 5.85. The quantitative estimate of drug-likeness (QED) is 0.471. The maximum absolute atomic E-state index is 5.64. The van der Waals surface area contributed by atoms with Crippen LogP contribution >= 0.6 is 11.8 Å². The molecule has 0 spiro atoms. The van der Waals surface area contributed by atoms with Gasteiger partial charge < -0.3 is 4.74 Å². The Labute approximate surface area is 151 Å². The fourth-order valence-electron chi connectivity index (χ4n) is 2.15. The van der Waals surface area contributed by atoms with E-state index in [-0.39, 0.29) is 6.10 Å². The molecule has 6 heteroatoms. The number of rotatable bonds is 7. The predicted octanol–water partition coefficient (Wildman–Crippen LogP) is 4.24. The fourth-order valence-corrected chi connectivity index (χ4v) is 2.97. The highest BCUT2D eigenvalue weighted by Gasteiger charge is 2.04. The van der Waals surface area contributed by atoms with Gasteiger partial charge in [-0.05, 0) is 49.2 Å². The van der Waals surface area contributed by atoms with Crippen LogP contribution in [0, 0.1) is 0 Å². The van der Waals surface area contributed by atoms with Gasteiger partial charge in [-0.15, -0.1) is 10.2 Å². The van der Waals surface area contributed by atoms with Crippen LogP contribution in [0.1, 0.15) is 25.0 Å². The van der Waals surface area contributed by atoms with Crippen molar-refractivity contribution in [2.24, 2.45) is 5.10 Å². The highest BCUT2D eigenvalue weighted by molar-refractivity contribution is 7.98. The summed E-state index contributed by atoms with van der Waals surface area (Å²) in [5.41, 5.74) is 2.23. The third kappa shape index (κ3) is 5.19. The van der Waals surface area contributed by atoms with E-state index in [0.29, 0.717) is 0 Å². The van der Waals surface area contributed by atoms with Crippen LogP contribution in [-0.4, -0.2) is 27.2 Å². The standard InChI is InChI=1S/C19H20N4OS/c1-15(2)24-18-10-8-16(9-11-18)12-21-23-14-20-22-19(23)25-13-17-6-4-3-5-7-17/h3-12,14-15H,13H2,1-2H3/b21-12-. The van der Waals surface area contributed by atoms with Gasteiger partial charge in [-0.2, -0.15) is 9.78 Å². The largest absolute Gasteiger partial charge is 0.491 e. The Balaban J connectivity index is 1.63. The van der Waals surface area contributed by atoms with Gasteiger partial charge in [0.05, 0.1) is 12.3 Å². The maximum atomic E-state index is 5.64. The summed E-state index contributed by atoms with van der Waals surface area (Å²) in [6, 6.07) is 18.1. The lowest BCUT2D eigenvalue weighted by molar-refractivity contribution is 0.242. The first kappa shape index (κ1) is 17.2. The molecule has 25 heavy (non-hydrogen) atoms. The van der Waals surface area contributed by atoms with Crippen LogP contribution in [0.3, 0.4) is 0 Å². The third-order valence-corrected chi connectivity index (χ3v) is 4.30. The average Bonchev–Trinajstić information content (AvgIpc) is 3.07. The van der Waals surface area contributed by atoms with Crippen molar-refractivity contribution in [3.05, 3.63) is 72.1 Å². The molecule has 0 amide bonds. The molecule has 0 radical (unpaired) electrons. The molecule has 1 aromatic heterocycles. The molecule has 0 aliphatic rings. The number of thioether (sulfide) groups is 1. The number of benzene rings is 2. The van der Waals surface area contributed by atoms with Crippen molar-refractivity contribution in [3.63, 3.8) is 0 Å². The van der Waals surface area contributed by atoms with Crippen LogP contribution in [0.15, 0.2) is 71.2 Å². The summed E-state index contributed by atoms with van der Waals surface area (Å²) in [6.07, 6.45) is 3.57. The molecule has 0 aliphatic heterocycles. The molecule has 0 saturated heterocycles. The molecule has 5 nitrogen and oxygen atoms in total. The lowest BCUT2D eigenvalue weighted by atomic mass is 10.2. The zero-order chi connectivity index (χ0) is 17.5. The van der Waals surface area contributed by atoms with Crippen LogP contribution in [0.2, 0.25) is 0 Å². The number of aromatic nitrogens is 3. The molecule has 3 rings (SSSR count). The van der Waals surface area contributed by atoms with Crippen molar-refractivity contribution >= 4 is 18.0 Å². The second-order valence-electron chi connectivity index (χ2n) is 5.71. The van der Waals surface area contributed by atoms with Gasteiger partial charge in [-0.1, -0.05) is 42.1 Å². The zero-order valence-electron chi connectivity index (χ0n) is 14.2. The van der Waals surface area contributed by atoms with Crippen molar-refractivity contribution in [2.75, 3.05) is 0 Å². The molecule has 0 atom stereocenters. The monoisotopic (exact) mass is 352 g/mol. The fraction of sp³-hybridized carbons (Fsp3) is 0.211. The van der Waals surface area contributed by atoms with Crippen molar-refractivity contribution in [1.82, 2.24) is 14.9 Å². The molecule has 0 bridgehead atoms. The Morgan fingerprint density at radius 3 is 2.60 bits per heavy atom. The van der Waals surface area contributed by atoms with Crippen molar-refractivity contribution in [1.29, 1.82) is 0 Å². The lowest BCUT2D eigenvalue weighted by Crippen LogP contribution is -2.05. The molecule has 2 aromatic carbocycles. The molecule has 0 unspecified atom stereocenters. The van der Waals surface area contributed by atoms with Gasteiger partial charge in [0.25, 0.3) is 0 Å². The molecular weight excluding hydrogens is 332 g/mol. The number of hydrogen-bond donors (Lipinski definition) is 0. The predicted molar refractivity (Wildman–Crippen MR) is 101 cm³/mol. The van der Waals surface area contributed by atoms with Crippen LogP contribution in [-0.2, 0) is 5.75 Å². The van der Waals surface area contributed by atoms with E-state index in [1.54, 1.807) is 29.0 Å². The molecule has 1 heterocycles. The van der Waals surface area contributed by atoms with Gasteiger partial charge in [-0.3, -0.25) is 0 Å². The summed E-state index contributed by atoms with van der Waals surface area (Å²) < 4.78 is 7.33. The van der Waals surface area contributed by atoms with Gasteiger partial charge in [0.15, 0.2) is 0 Å². The Hall–Kier alpha value is -2.60. The van der Waals surface area contributed by atoms with Crippen molar-refractivity contribution < 1.29 is 4.74 Å². The summed E-state index contributed by atoms with van der Waals surface area (Å²) >= 11 is 1.61. The Bertz CT molecular complexity index is 813. The highest BCUT2D eigenvalue weighted by Crippen LogP contribution is 2.20. The van der Waals surface area contributed by atoms with Crippen molar-refractivity contribution in [3.8, 4) is 5.75 Å². The van der Waals surface area contributed by atoms with Gasteiger partial charge >= 0.3 is 0 Å². The minimum absolute atomic E-state index is 0.167. The first-order valence-corrected chi connectivity index (χ1v) is 9.07. The van der Waals surface area contributed by atoms with E-state index >= 15 is 0 Å². The minimum atomic E-state index is 0.167. The van der Waals surface area contributed by atoms with Gasteiger partial charge in [0, 0.05) is 5.75 Å². The molecule has 0 aliphatic carbocycles. The van der Waals surface area contributed by atoms with Gasteiger partial charge in [-0.25, -0.2) is 0 Å². The molecule has 0 N–H and O–H groups in total. The lowest BCUT2D eigenvalue weighted by Gasteiger charge is -2.09. The molecular formula is C19H20N4OS. The Morgan fingerprint density at radius 2 is 1.88 bits per heavy atom. The SMILES string of the molecule is CC(C)Oc1ccc(/C=N\n2cnnc2SCc2ccccc2)cc1. The van der Waals surface area contributed by atoms with E-state index in [2.05, 4.69) is 27.4 Å². The summed E-state index contributed by atoms with van der Waals surface area (Å²) in [4.78, 5) is 0. The minimum Gasteiger partial charge on any atom is -0.491 e. The smallest absolute Gasteiger partial charge is 0.212 e. The van der Waals surface area contributed by atoms with E-state index < -0.39 is 0 Å². The first-order valence-electron chi connectivity index (χ1n) is 8.08. The number of ether oxygens (including phenoxy) is 1. The first-order chi connectivity index (χ1) is 12.2. The maximum Gasteiger partial charge on any atom is 0.212 e. The molecule has 128 valence electrons. The number of hydrogen-bond acceptors (Lipinski definition) is 5. The van der Waals surface area contributed by atoms with Crippen LogP contribution in [0.4, 0.5) is 0 Å². The molecule has 0 fully saturated rings. The van der Waals surface area contributed by atoms with Crippen molar-refractivity contribution in [2.45, 2.75) is 30.9 Å². The van der Waals surface area contributed by atoms with E-state index in [4.69, 9.17) is 4.74 Å². The van der Waals surface area contributed by atoms with Crippen LogP contribution in [0.25, 0.3) is 0 Å². The second kappa shape index (κ2) is 8.48. The van der Waals surface area contributed by atoms with E-state index in [0.717, 1.165) is 22.2 Å². The average molecular weight is 352 g/mol. The zero-order valence-corrected chi connectivity index (χ0v) is 15.1. The third-order valence-electron chi connectivity index (χ3n) is 3.29. The Morgan fingerprint density at radius 1 is 1.12 bits per heavy atom. The summed E-state index contributed by atoms with van der Waals surface area (Å²) in [5, 5.41) is 13.3. The normalized spacial score (nSPS) is 11.3. The van der Waals surface area contributed by atoms with Crippen LogP contribution in [0.5, 0.6) is 5.75 Å². The topological polar surface area (TPSA) is 52.3 Å². The van der Waals surface area contributed by atoms with Gasteiger partial charge in [0.2, 0.25) is 5.16 Å². The number of nitrogens with zero attached hydrogens (tertiary/aromatic N) is 4. The molecule has 0 saturated carbocycles.